The van der Waals surface area contributed by atoms with Crippen LogP contribution < -0.4 is 10.3 Å². The molecule has 106 valence electrons. The summed E-state index contributed by atoms with van der Waals surface area (Å²) in [7, 11) is 0. The molecule has 0 aliphatic heterocycles. The van der Waals surface area contributed by atoms with Gasteiger partial charge in [0.1, 0.15) is 11.6 Å². The molecule has 0 spiro atoms. The van der Waals surface area contributed by atoms with E-state index in [4.69, 9.17) is 4.74 Å². The Labute approximate surface area is 115 Å². The summed E-state index contributed by atoms with van der Waals surface area (Å²) >= 11 is 0. The van der Waals surface area contributed by atoms with E-state index in [0.29, 0.717) is 17.4 Å². The molecule has 20 heavy (non-hydrogen) atoms. The van der Waals surface area contributed by atoms with E-state index >= 15 is 0 Å². The molecule has 1 heterocycles. The summed E-state index contributed by atoms with van der Waals surface area (Å²) in [6.45, 7) is 4.09. The van der Waals surface area contributed by atoms with Crippen LogP contribution in [0.15, 0.2) is 29.1 Å². The maximum atomic E-state index is 13.4. The van der Waals surface area contributed by atoms with Gasteiger partial charge in [0.25, 0.3) is 5.56 Å². The van der Waals surface area contributed by atoms with E-state index in [2.05, 4.69) is 0 Å². The smallest absolute Gasteiger partial charge is 0.310 e. The number of carbonyl (C=O) groups excluding carboxylic acids is 1. The number of carbonyl (C=O) groups is 1. The number of hydrogen-bond acceptors (Lipinski definition) is 3. The number of halogens is 1. The maximum absolute atomic E-state index is 13.4. The van der Waals surface area contributed by atoms with Crippen LogP contribution in [0.4, 0.5) is 4.39 Å². The van der Waals surface area contributed by atoms with Gasteiger partial charge in [-0.3, -0.25) is 9.59 Å². The molecule has 5 heteroatoms. The first-order valence-corrected chi connectivity index (χ1v) is 6.60. The summed E-state index contributed by atoms with van der Waals surface area (Å²) < 4.78 is 20.1. The first-order valence-electron chi connectivity index (χ1n) is 6.60. The molecule has 1 aromatic heterocycles. The van der Waals surface area contributed by atoms with Crippen LogP contribution >= 0.6 is 0 Å². The number of nitrogens with zero attached hydrogens (tertiary/aromatic N) is 1. The number of fused-ring (bicyclic) bond motifs is 1. The van der Waals surface area contributed by atoms with Gasteiger partial charge in [-0.2, -0.15) is 0 Å². The van der Waals surface area contributed by atoms with Crippen molar-refractivity contribution in [2.45, 2.75) is 33.2 Å². The number of benzene rings is 1. The van der Waals surface area contributed by atoms with Crippen molar-refractivity contribution in [2.24, 2.45) is 0 Å². The molecule has 0 radical (unpaired) electrons. The van der Waals surface area contributed by atoms with E-state index in [-0.39, 0.29) is 17.7 Å². The zero-order valence-corrected chi connectivity index (χ0v) is 11.5. The molecule has 0 amide bonds. The number of hydrogen-bond donors (Lipinski definition) is 0. The van der Waals surface area contributed by atoms with Crippen molar-refractivity contribution in [3.63, 3.8) is 0 Å². The fraction of sp³-hybridized carbons (Fsp3) is 0.333. The van der Waals surface area contributed by atoms with Gasteiger partial charge in [0, 0.05) is 24.4 Å². The Balaban J connectivity index is 2.69. The van der Waals surface area contributed by atoms with Crippen LogP contribution in [0, 0.1) is 5.82 Å². The quantitative estimate of drug-likeness (QED) is 0.807. The Hall–Kier alpha value is -2.17. The molecule has 0 fully saturated rings. The molecule has 0 saturated carbocycles. The second-order valence-electron chi connectivity index (χ2n) is 4.49. The van der Waals surface area contributed by atoms with Gasteiger partial charge in [-0.15, -0.1) is 0 Å². The van der Waals surface area contributed by atoms with Gasteiger partial charge in [-0.25, -0.2) is 4.39 Å². The van der Waals surface area contributed by atoms with Crippen molar-refractivity contribution < 1.29 is 13.9 Å². The maximum Gasteiger partial charge on any atom is 0.310 e. The third-order valence-electron chi connectivity index (χ3n) is 3.00. The van der Waals surface area contributed by atoms with Crippen molar-refractivity contribution in [1.82, 2.24) is 4.57 Å². The summed E-state index contributed by atoms with van der Waals surface area (Å²) in [5.41, 5.74) is 0.141. The van der Waals surface area contributed by atoms with Gasteiger partial charge in [-0.1, -0.05) is 13.8 Å². The Morgan fingerprint density at radius 2 is 2.05 bits per heavy atom. The second-order valence-corrected chi connectivity index (χ2v) is 4.49. The van der Waals surface area contributed by atoms with Crippen molar-refractivity contribution in [3.8, 4) is 5.75 Å². The van der Waals surface area contributed by atoms with Crippen molar-refractivity contribution in [3.05, 3.63) is 40.4 Å². The van der Waals surface area contributed by atoms with Crippen molar-refractivity contribution in [1.29, 1.82) is 0 Å². The highest BCUT2D eigenvalue weighted by Crippen LogP contribution is 2.25. The first kappa shape index (κ1) is 14.2. The summed E-state index contributed by atoms with van der Waals surface area (Å²) in [4.78, 5) is 23.5. The van der Waals surface area contributed by atoms with Gasteiger partial charge in [0.2, 0.25) is 0 Å². The molecule has 2 aromatic rings. The number of aromatic nitrogens is 1. The van der Waals surface area contributed by atoms with Crippen LogP contribution in [0.2, 0.25) is 0 Å². The lowest BCUT2D eigenvalue weighted by atomic mass is 10.2. The summed E-state index contributed by atoms with van der Waals surface area (Å²) in [5, 5.41) is 0.557. The lowest BCUT2D eigenvalue weighted by Gasteiger charge is -2.12. The zero-order chi connectivity index (χ0) is 14.7. The lowest BCUT2D eigenvalue weighted by molar-refractivity contribution is -0.133. The molecule has 0 atom stereocenters. The molecule has 0 bridgehead atoms. The minimum Gasteiger partial charge on any atom is -0.426 e. The normalized spacial score (nSPS) is 10.8. The molecule has 1 aromatic carbocycles. The van der Waals surface area contributed by atoms with Crippen molar-refractivity contribution >= 4 is 16.9 Å². The van der Waals surface area contributed by atoms with Crippen LogP contribution in [0.3, 0.4) is 0 Å². The second kappa shape index (κ2) is 5.86. The van der Waals surface area contributed by atoms with E-state index in [9.17, 15) is 14.0 Å². The van der Waals surface area contributed by atoms with Crippen LogP contribution in [0.5, 0.6) is 5.75 Å². The largest absolute Gasteiger partial charge is 0.426 e. The SMILES string of the molecule is CCCn1c(=O)cc(OC(=O)CC)c2ccc(F)cc21. The number of esters is 1. The predicted octanol–water partition coefficient (Wildman–Crippen LogP) is 2.87. The fourth-order valence-electron chi connectivity index (χ4n) is 2.06. The Morgan fingerprint density at radius 1 is 1.30 bits per heavy atom. The fourth-order valence-corrected chi connectivity index (χ4v) is 2.06. The molecule has 0 saturated heterocycles. The highest BCUT2D eigenvalue weighted by molar-refractivity contribution is 5.88. The summed E-state index contributed by atoms with van der Waals surface area (Å²) in [6, 6.07) is 5.38. The lowest BCUT2D eigenvalue weighted by Crippen LogP contribution is -2.21. The van der Waals surface area contributed by atoms with E-state index in [1.54, 1.807) is 6.92 Å². The molecule has 4 nitrogen and oxygen atoms in total. The Morgan fingerprint density at radius 3 is 2.70 bits per heavy atom. The van der Waals surface area contributed by atoms with Crippen molar-refractivity contribution in [2.75, 3.05) is 0 Å². The monoisotopic (exact) mass is 277 g/mol. The van der Waals surface area contributed by atoms with Gasteiger partial charge in [0.05, 0.1) is 5.52 Å². The number of pyridine rings is 1. The van der Waals surface area contributed by atoms with Gasteiger partial charge in [-0.05, 0) is 24.6 Å². The van der Waals surface area contributed by atoms with Crippen LogP contribution in [-0.4, -0.2) is 10.5 Å². The molecule has 2 rings (SSSR count). The van der Waals surface area contributed by atoms with Crippen LogP contribution in [0.25, 0.3) is 10.9 Å². The molecule has 0 unspecified atom stereocenters. The van der Waals surface area contributed by atoms with E-state index in [1.807, 2.05) is 6.92 Å². The molecular formula is C15H16FNO3. The molecular weight excluding hydrogens is 261 g/mol. The highest BCUT2D eigenvalue weighted by atomic mass is 19.1. The highest BCUT2D eigenvalue weighted by Gasteiger charge is 2.12. The Bertz CT molecular complexity index is 706. The molecule has 0 N–H and O–H groups in total. The molecule has 0 aliphatic rings. The summed E-state index contributed by atoms with van der Waals surface area (Å²) in [5.74, 6) is -0.673. The minimum absolute atomic E-state index is 0.184. The Kier molecular flexibility index (Phi) is 4.17. The predicted molar refractivity (Wildman–Crippen MR) is 74.4 cm³/mol. The minimum atomic E-state index is -0.430. The van der Waals surface area contributed by atoms with E-state index < -0.39 is 11.8 Å². The van der Waals surface area contributed by atoms with Gasteiger partial charge in [0.15, 0.2) is 0 Å². The van der Waals surface area contributed by atoms with E-state index in [0.717, 1.165) is 6.42 Å². The number of ether oxygens (including phenoxy) is 1. The van der Waals surface area contributed by atoms with E-state index in [1.165, 1.54) is 28.8 Å². The third kappa shape index (κ3) is 2.71. The number of rotatable bonds is 4. The topological polar surface area (TPSA) is 48.3 Å². The van der Waals surface area contributed by atoms with Crippen LogP contribution in [-0.2, 0) is 11.3 Å². The third-order valence-corrected chi connectivity index (χ3v) is 3.00. The number of aryl methyl sites for hydroxylation is 1. The standard InChI is InChI=1S/C15H16FNO3/c1-3-7-17-12-8-10(16)5-6-11(12)13(9-14(17)18)20-15(19)4-2/h5-6,8-9H,3-4,7H2,1-2H3. The average molecular weight is 277 g/mol. The van der Waals surface area contributed by atoms with Gasteiger partial charge < -0.3 is 9.30 Å². The first-order chi connectivity index (χ1) is 9.56. The zero-order valence-electron chi connectivity index (χ0n) is 11.5. The van der Waals surface area contributed by atoms with Gasteiger partial charge >= 0.3 is 5.97 Å². The summed E-state index contributed by atoms with van der Waals surface area (Å²) in [6.07, 6.45) is 0.959. The molecule has 0 aliphatic carbocycles. The average Bonchev–Trinajstić information content (AvgIpc) is 2.42. The van der Waals surface area contributed by atoms with Crippen LogP contribution in [0.1, 0.15) is 26.7 Å².